The van der Waals surface area contributed by atoms with Crippen molar-refractivity contribution in [3.8, 4) is 0 Å². The monoisotopic (exact) mass is 336 g/mol. The van der Waals surface area contributed by atoms with Gasteiger partial charge in [-0.3, -0.25) is 0 Å². The van der Waals surface area contributed by atoms with E-state index in [1.54, 1.807) is 11.8 Å². The molecule has 0 aliphatic rings. The van der Waals surface area contributed by atoms with Gasteiger partial charge in [0.05, 0.1) is 0 Å². The Morgan fingerprint density at radius 3 is 2.53 bits per heavy atom. The van der Waals surface area contributed by atoms with Gasteiger partial charge in [-0.1, -0.05) is 30.8 Å². The SMILES string of the molecule is CCNC(C)c1ccc(Sc2ccc(Br)cn2)cc1. The maximum absolute atomic E-state index is 4.36. The van der Waals surface area contributed by atoms with Gasteiger partial charge in [0.1, 0.15) is 5.03 Å². The van der Waals surface area contributed by atoms with Gasteiger partial charge in [0, 0.05) is 21.6 Å². The highest BCUT2D eigenvalue weighted by atomic mass is 79.9. The molecule has 4 heteroatoms. The van der Waals surface area contributed by atoms with Crippen LogP contribution in [0.2, 0.25) is 0 Å². The zero-order valence-electron chi connectivity index (χ0n) is 11.1. The van der Waals surface area contributed by atoms with Crippen LogP contribution in [0.3, 0.4) is 0 Å². The lowest BCUT2D eigenvalue weighted by Gasteiger charge is -2.12. The van der Waals surface area contributed by atoms with E-state index in [0.717, 1.165) is 16.0 Å². The summed E-state index contributed by atoms with van der Waals surface area (Å²) in [5, 5.41) is 4.42. The van der Waals surface area contributed by atoms with E-state index in [1.807, 2.05) is 18.3 Å². The highest BCUT2D eigenvalue weighted by Crippen LogP contribution is 2.27. The Morgan fingerprint density at radius 1 is 1.21 bits per heavy atom. The zero-order valence-corrected chi connectivity index (χ0v) is 13.5. The molecule has 19 heavy (non-hydrogen) atoms. The van der Waals surface area contributed by atoms with Crippen LogP contribution in [0.1, 0.15) is 25.5 Å². The maximum Gasteiger partial charge on any atom is 0.101 e. The Kier molecular flexibility index (Phi) is 5.43. The third-order valence-electron chi connectivity index (χ3n) is 2.81. The van der Waals surface area contributed by atoms with Gasteiger partial charge in [-0.05, 0) is 59.2 Å². The van der Waals surface area contributed by atoms with Crippen LogP contribution in [0.5, 0.6) is 0 Å². The molecule has 0 fully saturated rings. The highest BCUT2D eigenvalue weighted by molar-refractivity contribution is 9.10. The molecule has 0 spiro atoms. The van der Waals surface area contributed by atoms with E-state index in [4.69, 9.17) is 0 Å². The molecule has 2 aromatic rings. The van der Waals surface area contributed by atoms with Gasteiger partial charge in [-0.15, -0.1) is 0 Å². The van der Waals surface area contributed by atoms with Crippen LogP contribution in [0.15, 0.2) is 57.0 Å². The van der Waals surface area contributed by atoms with Gasteiger partial charge in [0.2, 0.25) is 0 Å². The van der Waals surface area contributed by atoms with E-state index < -0.39 is 0 Å². The first-order chi connectivity index (χ1) is 9.19. The molecule has 2 rings (SSSR count). The Hall–Kier alpha value is -0.840. The lowest BCUT2D eigenvalue weighted by Crippen LogP contribution is -2.17. The first kappa shape index (κ1) is 14.6. The standard InChI is InChI=1S/C15H17BrN2S/c1-3-17-11(2)12-4-7-14(8-5-12)19-15-9-6-13(16)10-18-15/h4-11,17H,3H2,1-2H3. The largest absolute Gasteiger partial charge is 0.310 e. The second-order valence-electron chi connectivity index (χ2n) is 4.27. The van der Waals surface area contributed by atoms with E-state index >= 15 is 0 Å². The van der Waals surface area contributed by atoms with Gasteiger partial charge in [0.15, 0.2) is 0 Å². The van der Waals surface area contributed by atoms with Crippen molar-refractivity contribution >= 4 is 27.7 Å². The first-order valence-electron chi connectivity index (χ1n) is 6.32. The van der Waals surface area contributed by atoms with Crippen molar-refractivity contribution in [2.24, 2.45) is 0 Å². The van der Waals surface area contributed by atoms with Crippen molar-refractivity contribution in [1.82, 2.24) is 10.3 Å². The summed E-state index contributed by atoms with van der Waals surface area (Å²) in [4.78, 5) is 5.57. The van der Waals surface area contributed by atoms with Gasteiger partial charge < -0.3 is 5.32 Å². The summed E-state index contributed by atoms with van der Waals surface area (Å²) in [6.45, 7) is 5.29. The fourth-order valence-corrected chi connectivity index (χ4v) is 2.78. The van der Waals surface area contributed by atoms with Crippen LogP contribution in [-0.2, 0) is 0 Å². The van der Waals surface area contributed by atoms with Crippen LogP contribution in [0, 0.1) is 0 Å². The quantitative estimate of drug-likeness (QED) is 0.858. The van der Waals surface area contributed by atoms with Crippen LogP contribution in [-0.4, -0.2) is 11.5 Å². The molecule has 1 atom stereocenters. The molecule has 1 heterocycles. The van der Waals surface area contributed by atoms with Crippen molar-refractivity contribution in [2.75, 3.05) is 6.54 Å². The van der Waals surface area contributed by atoms with Crippen molar-refractivity contribution in [1.29, 1.82) is 0 Å². The fraction of sp³-hybridized carbons (Fsp3) is 0.267. The Balaban J connectivity index is 2.04. The number of aromatic nitrogens is 1. The molecule has 0 aliphatic heterocycles. The molecule has 1 aromatic carbocycles. The second kappa shape index (κ2) is 7.08. The highest BCUT2D eigenvalue weighted by Gasteiger charge is 2.04. The molecular formula is C15H17BrN2S. The molecule has 0 aliphatic carbocycles. The summed E-state index contributed by atoms with van der Waals surface area (Å²) < 4.78 is 1.01. The Labute approximate surface area is 127 Å². The number of hydrogen-bond acceptors (Lipinski definition) is 3. The van der Waals surface area contributed by atoms with Crippen molar-refractivity contribution in [3.63, 3.8) is 0 Å². The van der Waals surface area contributed by atoms with E-state index in [0.29, 0.717) is 6.04 Å². The number of nitrogens with zero attached hydrogens (tertiary/aromatic N) is 1. The minimum Gasteiger partial charge on any atom is -0.310 e. The fourth-order valence-electron chi connectivity index (χ4n) is 1.79. The number of nitrogens with one attached hydrogen (secondary N) is 1. The average Bonchev–Trinajstić information content (AvgIpc) is 2.42. The number of benzene rings is 1. The second-order valence-corrected chi connectivity index (χ2v) is 6.27. The Morgan fingerprint density at radius 2 is 1.95 bits per heavy atom. The molecule has 0 saturated carbocycles. The van der Waals surface area contributed by atoms with Crippen molar-refractivity contribution < 1.29 is 0 Å². The summed E-state index contributed by atoms with van der Waals surface area (Å²) in [7, 11) is 0. The molecule has 100 valence electrons. The number of halogens is 1. The Bertz CT molecular complexity index is 511. The van der Waals surface area contributed by atoms with Crippen LogP contribution < -0.4 is 5.32 Å². The number of rotatable bonds is 5. The molecule has 0 amide bonds. The van der Waals surface area contributed by atoms with Crippen molar-refractivity contribution in [3.05, 3.63) is 52.6 Å². The van der Waals surface area contributed by atoms with Gasteiger partial charge in [-0.25, -0.2) is 4.98 Å². The summed E-state index contributed by atoms with van der Waals surface area (Å²) in [5.41, 5.74) is 1.31. The van der Waals surface area contributed by atoms with E-state index in [1.165, 1.54) is 10.5 Å². The molecule has 1 unspecified atom stereocenters. The average molecular weight is 337 g/mol. The summed E-state index contributed by atoms with van der Waals surface area (Å²) in [6.07, 6.45) is 1.82. The molecular weight excluding hydrogens is 320 g/mol. The molecule has 1 aromatic heterocycles. The normalized spacial score (nSPS) is 12.4. The van der Waals surface area contributed by atoms with E-state index in [9.17, 15) is 0 Å². The molecule has 1 N–H and O–H groups in total. The zero-order chi connectivity index (χ0) is 13.7. The molecule has 2 nitrogen and oxygen atoms in total. The van der Waals surface area contributed by atoms with Gasteiger partial charge in [-0.2, -0.15) is 0 Å². The summed E-state index contributed by atoms with van der Waals surface area (Å²) in [5.74, 6) is 0. The third kappa shape index (κ3) is 4.34. The third-order valence-corrected chi connectivity index (χ3v) is 4.24. The smallest absolute Gasteiger partial charge is 0.101 e. The van der Waals surface area contributed by atoms with Crippen molar-refractivity contribution in [2.45, 2.75) is 29.8 Å². The molecule has 0 bridgehead atoms. The predicted octanol–water partition coefficient (Wildman–Crippen LogP) is 4.67. The van der Waals surface area contributed by atoms with Gasteiger partial charge in [0.25, 0.3) is 0 Å². The molecule has 0 saturated heterocycles. The van der Waals surface area contributed by atoms with Crippen LogP contribution in [0.25, 0.3) is 0 Å². The summed E-state index contributed by atoms with van der Waals surface area (Å²) in [6, 6.07) is 13.1. The summed E-state index contributed by atoms with van der Waals surface area (Å²) >= 11 is 5.07. The topological polar surface area (TPSA) is 24.9 Å². The van der Waals surface area contributed by atoms with Crippen LogP contribution in [0.4, 0.5) is 0 Å². The lowest BCUT2D eigenvalue weighted by atomic mass is 10.1. The lowest BCUT2D eigenvalue weighted by molar-refractivity contribution is 0.598. The minimum absolute atomic E-state index is 0.398. The van der Waals surface area contributed by atoms with E-state index in [2.05, 4.69) is 64.3 Å². The predicted molar refractivity (Wildman–Crippen MR) is 84.6 cm³/mol. The first-order valence-corrected chi connectivity index (χ1v) is 7.92. The molecule has 0 radical (unpaired) electrons. The van der Waals surface area contributed by atoms with Gasteiger partial charge >= 0.3 is 0 Å². The minimum atomic E-state index is 0.398. The van der Waals surface area contributed by atoms with Crippen LogP contribution >= 0.6 is 27.7 Å². The number of hydrogen-bond donors (Lipinski definition) is 1. The maximum atomic E-state index is 4.36. The number of pyridine rings is 1. The van der Waals surface area contributed by atoms with E-state index in [-0.39, 0.29) is 0 Å².